The number of benzene rings is 1. The number of hydroxylamine groups is 1. The van der Waals surface area contributed by atoms with Crippen molar-refractivity contribution in [3.8, 4) is 0 Å². The fourth-order valence-electron chi connectivity index (χ4n) is 3.49. The summed E-state index contributed by atoms with van der Waals surface area (Å²) in [4.78, 5) is 21.9. The number of hydrogen-bond acceptors (Lipinski definition) is 6. The monoisotopic (exact) mass is 392 g/mol. The van der Waals surface area contributed by atoms with Crippen LogP contribution in [-0.2, 0) is 18.0 Å². The third-order valence-electron chi connectivity index (χ3n) is 5.05. The maximum absolute atomic E-state index is 12.6. The average Bonchev–Trinajstić information content (AvgIpc) is 3.45. The maximum Gasteiger partial charge on any atom is 0.276 e. The lowest BCUT2D eigenvalue weighted by Gasteiger charge is -2.12. The standard InChI is InChI=1S/C21H24N6O2/c28-21(25-29-15-17-14-27(26-24-17)18-5-1-2-6-18)19-7-3-4-8-20(19)23-13-16-9-11-22-12-10-16/h3-4,7-12,14,18,23H,1-2,5-6,13,15H2,(H,25,28). The Labute approximate surface area is 169 Å². The zero-order valence-electron chi connectivity index (χ0n) is 16.1. The molecule has 2 heterocycles. The van der Waals surface area contributed by atoms with Gasteiger partial charge in [0.15, 0.2) is 0 Å². The summed E-state index contributed by atoms with van der Waals surface area (Å²) < 4.78 is 1.91. The first-order chi connectivity index (χ1) is 14.3. The van der Waals surface area contributed by atoms with E-state index in [-0.39, 0.29) is 12.5 Å². The van der Waals surface area contributed by atoms with Crippen molar-refractivity contribution in [3.63, 3.8) is 0 Å². The van der Waals surface area contributed by atoms with Crippen LogP contribution in [0, 0.1) is 0 Å². The Kier molecular flexibility index (Phi) is 6.11. The highest BCUT2D eigenvalue weighted by atomic mass is 16.6. The number of carbonyl (C=O) groups excluding carboxylic acids is 1. The molecule has 8 heteroatoms. The van der Waals surface area contributed by atoms with Gasteiger partial charge in [0.05, 0.1) is 17.8 Å². The lowest BCUT2D eigenvalue weighted by atomic mass is 10.1. The number of nitrogens with zero attached hydrogens (tertiary/aromatic N) is 4. The summed E-state index contributed by atoms with van der Waals surface area (Å²) in [7, 11) is 0. The number of pyridine rings is 1. The molecule has 2 aromatic heterocycles. The molecule has 1 aliphatic carbocycles. The third-order valence-corrected chi connectivity index (χ3v) is 5.05. The largest absolute Gasteiger partial charge is 0.380 e. The van der Waals surface area contributed by atoms with Crippen LogP contribution in [0.4, 0.5) is 5.69 Å². The molecule has 1 amide bonds. The molecule has 1 fully saturated rings. The van der Waals surface area contributed by atoms with Gasteiger partial charge in [0.2, 0.25) is 0 Å². The van der Waals surface area contributed by atoms with E-state index in [1.54, 1.807) is 18.5 Å². The minimum absolute atomic E-state index is 0.172. The second-order valence-electron chi connectivity index (χ2n) is 7.10. The zero-order valence-corrected chi connectivity index (χ0v) is 16.1. The van der Waals surface area contributed by atoms with Gasteiger partial charge in [-0.2, -0.15) is 0 Å². The number of rotatable bonds is 8. The van der Waals surface area contributed by atoms with Gasteiger partial charge in [-0.1, -0.05) is 30.2 Å². The number of amides is 1. The van der Waals surface area contributed by atoms with Crippen molar-refractivity contribution in [3.05, 3.63) is 71.8 Å². The van der Waals surface area contributed by atoms with Gasteiger partial charge in [-0.05, 0) is 42.7 Å². The molecule has 8 nitrogen and oxygen atoms in total. The van der Waals surface area contributed by atoms with Crippen LogP contribution in [-0.4, -0.2) is 25.9 Å². The van der Waals surface area contributed by atoms with Crippen LogP contribution >= 0.6 is 0 Å². The number of para-hydroxylation sites is 1. The highest BCUT2D eigenvalue weighted by Gasteiger charge is 2.18. The molecule has 4 rings (SSSR count). The van der Waals surface area contributed by atoms with Gasteiger partial charge in [-0.25, -0.2) is 10.2 Å². The Hall–Kier alpha value is -3.26. The summed E-state index contributed by atoms with van der Waals surface area (Å²) >= 11 is 0. The lowest BCUT2D eigenvalue weighted by Crippen LogP contribution is -2.24. The van der Waals surface area contributed by atoms with Gasteiger partial charge >= 0.3 is 0 Å². The minimum Gasteiger partial charge on any atom is -0.380 e. The molecule has 1 aliphatic rings. The molecule has 1 aromatic carbocycles. The van der Waals surface area contributed by atoms with Gasteiger partial charge in [0, 0.05) is 24.6 Å². The first kappa shape index (κ1) is 19.1. The molecule has 2 N–H and O–H groups in total. The quantitative estimate of drug-likeness (QED) is 0.572. The molecule has 150 valence electrons. The fourth-order valence-corrected chi connectivity index (χ4v) is 3.49. The van der Waals surface area contributed by atoms with Crippen LogP contribution in [0.15, 0.2) is 55.0 Å². The Balaban J connectivity index is 1.30. The van der Waals surface area contributed by atoms with Crippen molar-refractivity contribution in [2.24, 2.45) is 0 Å². The van der Waals surface area contributed by atoms with Gasteiger partial charge in [0.1, 0.15) is 12.3 Å². The molecular formula is C21H24N6O2. The number of anilines is 1. The first-order valence-electron chi connectivity index (χ1n) is 9.84. The highest BCUT2D eigenvalue weighted by Crippen LogP contribution is 2.28. The van der Waals surface area contributed by atoms with E-state index in [9.17, 15) is 4.79 Å². The van der Waals surface area contributed by atoms with E-state index in [1.165, 1.54) is 12.8 Å². The van der Waals surface area contributed by atoms with E-state index >= 15 is 0 Å². The van der Waals surface area contributed by atoms with E-state index in [0.717, 1.165) is 24.1 Å². The van der Waals surface area contributed by atoms with Crippen molar-refractivity contribution < 1.29 is 9.63 Å². The molecule has 0 radical (unpaired) electrons. The number of carbonyl (C=O) groups is 1. The summed E-state index contributed by atoms with van der Waals surface area (Å²) in [6, 6.07) is 11.6. The predicted octanol–water partition coefficient (Wildman–Crippen LogP) is 3.26. The molecule has 29 heavy (non-hydrogen) atoms. The van der Waals surface area contributed by atoms with Crippen LogP contribution in [0.5, 0.6) is 0 Å². The minimum atomic E-state index is -0.314. The van der Waals surface area contributed by atoms with Gasteiger partial charge < -0.3 is 5.32 Å². The number of nitrogens with one attached hydrogen (secondary N) is 2. The maximum atomic E-state index is 12.6. The first-order valence-corrected chi connectivity index (χ1v) is 9.84. The van der Waals surface area contributed by atoms with E-state index in [4.69, 9.17) is 4.84 Å². The molecule has 0 saturated heterocycles. The Morgan fingerprint density at radius 1 is 1.14 bits per heavy atom. The van der Waals surface area contributed by atoms with Gasteiger partial charge in [-0.3, -0.25) is 14.6 Å². The molecule has 3 aromatic rings. The Morgan fingerprint density at radius 2 is 1.93 bits per heavy atom. The number of aromatic nitrogens is 4. The Morgan fingerprint density at radius 3 is 2.76 bits per heavy atom. The summed E-state index contributed by atoms with van der Waals surface area (Å²) in [5.41, 5.74) is 5.52. The van der Waals surface area contributed by atoms with E-state index in [0.29, 0.717) is 23.8 Å². The van der Waals surface area contributed by atoms with Crippen LogP contribution in [0.3, 0.4) is 0 Å². The zero-order chi connectivity index (χ0) is 19.9. The van der Waals surface area contributed by atoms with Crippen molar-refractivity contribution in [2.75, 3.05) is 5.32 Å². The summed E-state index contributed by atoms with van der Waals surface area (Å²) in [6.07, 6.45) is 10.1. The molecular weight excluding hydrogens is 368 g/mol. The predicted molar refractivity (Wildman–Crippen MR) is 108 cm³/mol. The molecule has 0 unspecified atom stereocenters. The van der Waals surface area contributed by atoms with Crippen LogP contribution in [0.25, 0.3) is 0 Å². The smallest absolute Gasteiger partial charge is 0.276 e. The second-order valence-corrected chi connectivity index (χ2v) is 7.10. The van der Waals surface area contributed by atoms with Crippen LogP contribution in [0.2, 0.25) is 0 Å². The SMILES string of the molecule is O=C(NOCc1cn(C2CCCC2)nn1)c1ccccc1NCc1ccncc1. The third kappa shape index (κ3) is 4.97. The van der Waals surface area contributed by atoms with E-state index in [2.05, 4.69) is 26.1 Å². The summed E-state index contributed by atoms with van der Waals surface area (Å²) in [5, 5.41) is 11.6. The summed E-state index contributed by atoms with van der Waals surface area (Å²) in [6.45, 7) is 0.767. The molecule has 1 saturated carbocycles. The molecule has 0 spiro atoms. The topological polar surface area (TPSA) is 94.0 Å². The molecule has 0 bridgehead atoms. The highest BCUT2D eigenvalue weighted by molar-refractivity contribution is 5.98. The van der Waals surface area contributed by atoms with Crippen LogP contribution < -0.4 is 10.8 Å². The Bertz CT molecular complexity index is 937. The molecule has 0 aliphatic heterocycles. The lowest BCUT2D eigenvalue weighted by molar-refractivity contribution is 0.0222. The van der Waals surface area contributed by atoms with E-state index < -0.39 is 0 Å². The average molecular weight is 392 g/mol. The van der Waals surface area contributed by atoms with Crippen molar-refractivity contribution in [1.29, 1.82) is 0 Å². The van der Waals surface area contributed by atoms with Crippen molar-refractivity contribution in [1.82, 2.24) is 25.5 Å². The van der Waals surface area contributed by atoms with E-state index in [1.807, 2.05) is 41.2 Å². The van der Waals surface area contributed by atoms with Gasteiger partial charge in [-0.15, -0.1) is 5.10 Å². The normalized spacial score (nSPS) is 14.1. The number of hydrogen-bond donors (Lipinski definition) is 2. The fraction of sp³-hybridized carbons (Fsp3) is 0.333. The summed E-state index contributed by atoms with van der Waals surface area (Å²) in [5.74, 6) is -0.314. The molecule has 0 atom stereocenters. The second kappa shape index (κ2) is 9.29. The van der Waals surface area contributed by atoms with Crippen LogP contribution in [0.1, 0.15) is 53.3 Å². The van der Waals surface area contributed by atoms with Crippen molar-refractivity contribution in [2.45, 2.75) is 44.9 Å². The van der Waals surface area contributed by atoms with Gasteiger partial charge in [0.25, 0.3) is 5.91 Å². The van der Waals surface area contributed by atoms with Crippen molar-refractivity contribution >= 4 is 11.6 Å².